The molecule has 1 aromatic rings. The minimum atomic E-state index is 0.453. The molecule has 1 N–H and O–H groups in total. The second-order valence-electron chi connectivity index (χ2n) is 2.98. The molecule has 0 saturated heterocycles. The number of halogens is 1. The van der Waals surface area contributed by atoms with Gasteiger partial charge in [-0.3, -0.25) is 0 Å². The van der Waals surface area contributed by atoms with Crippen molar-refractivity contribution in [2.45, 2.75) is 5.75 Å². The summed E-state index contributed by atoms with van der Waals surface area (Å²) in [6.07, 6.45) is 0. The van der Waals surface area contributed by atoms with Gasteiger partial charge in [-0.25, -0.2) is 0 Å². The van der Waals surface area contributed by atoms with E-state index in [4.69, 9.17) is 16.0 Å². The van der Waals surface area contributed by atoms with Gasteiger partial charge in [-0.1, -0.05) is 12.2 Å². The fourth-order valence-corrected chi connectivity index (χ4v) is 2.04. The van der Waals surface area contributed by atoms with Crippen molar-refractivity contribution in [2.24, 2.45) is 0 Å². The molecular formula is C10H14ClNOS. The first-order valence-corrected chi connectivity index (χ1v) is 5.89. The van der Waals surface area contributed by atoms with Crippen molar-refractivity contribution in [3.8, 4) is 0 Å². The largest absolute Gasteiger partial charge is 0.449 e. The van der Waals surface area contributed by atoms with Crippen LogP contribution in [0.25, 0.3) is 0 Å². The van der Waals surface area contributed by atoms with E-state index in [-0.39, 0.29) is 0 Å². The highest BCUT2D eigenvalue weighted by atomic mass is 35.5. The molecule has 1 rings (SSSR count). The number of thioether (sulfide) groups is 1. The minimum Gasteiger partial charge on any atom is -0.449 e. The molecule has 0 fully saturated rings. The van der Waals surface area contributed by atoms with Crippen LogP contribution >= 0.6 is 23.4 Å². The Morgan fingerprint density at radius 3 is 3.00 bits per heavy atom. The SMILES string of the molecule is C=C(CNC)CSCc1ccc(Cl)o1. The van der Waals surface area contributed by atoms with Crippen LogP contribution in [0.4, 0.5) is 0 Å². The predicted octanol–water partition coefficient (Wildman–Crippen LogP) is 2.94. The zero-order valence-electron chi connectivity index (χ0n) is 8.18. The number of rotatable bonds is 6. The molecule has 0 aromatic carbocycles. The van der Waals surface area contributed by atoms with Gasteiger partial charge in [0.2, 0.25) is 0 Å². The second kappa shape index (κ2) is 6.17. The van der Waals surface area contributed by atoms with E-state index < -0.39 is 0 Å². The van der Waals surface area contributed by atoms with Gasteiger partial charge >= 0.3 is 0 Å². The highest BCUT2D eigenvalue weighted by molar-refractivity contribution is 7.98. The van der Waals surface area contributed by atoms with Crippen LogP contribution in [0.1, 0.15) is 5.76 Å². The van der Waals surface area contributed by atoms with Crippen molar-refractivity contribution in [2.75, 3.05) is 19.3 Å². The molecule has 4 heteroatoms. The molecule has 0 aliphatic heterocycles. The minimum absolute atomic E-state index is 0.453. The van der Waals surface area contributed by atoms with Crippen molar-refractivity contribution < 1.29 is 4.42 Å². The van der Waals surface area contributed by atoms with E-state index in [0.29, 0.717) is 5.22 Å². The van der Waals surface area contributed by atoms with Crippen LogP contribution in [0.3, 0.4) is 0 Å². The van der Waals surface area contributed by atoms with E-state index >= 15 is 0 Å². The maximum atomic E-state index is 5.65. The molecule has 0 saturated carbocycles. The van der Waals surface area contributed by atoms with Crippen molar-refractivity contribution in [3.63, 3.8) is 0 Å². The van der Waals surface area contributed by atoms with E-state index in [1.807, 2.05) is 13.1 Å². The summed E-state index contributed by atoms with van der Waals surface area (Å²) in [5.41, 5.74) is 1.19. The lowest BCUT2D eigenvalue weighted by Gasteiger charge is -2.02. The normalized spacial score (nSPS) is 10.4. The lowest BCUT2D eigenvalue weighted by molar-refractivity contribution is 0.532. The highest BCUT2D eigenvalue weighted by Crippen LogP contribution is 2.19. The van der Waals surface area contributed by atoms with E-state index in [1.165, 1.54) is 5.57 Å². The van der Waals surface area contributed by atoms with Gasteiger partial charge in [0.1, 0.15) is 5.76 Å². The van der Waals surface area contributed by atoms with Crippen LogP contribution in [0.5, 0.6) is 0 Å². The Kier molecular flexibility index (Phi) is 5.15. The molecule has 0 atom stereocenters. The van der Waals surface area contributed by atoms with Crippen LogP contribution in [0, 0.1) is 0 Å². The molecular weight excluding hydrogens is 218 g/mol. The van der Waals surface area contributed by atoms with Gasteiger partial charge in [0.15, 0.2) is 5.22 Å². The molecule has 1 aromatic heterocycles. The van der Waals surface area contributed by atoms with Gasteiger partial charge in [0.05, 0.1) is 5.75 Å². The topological polar surface area (TPSA) is 25.2 Å². The summed E-state index contributed by atoms with van der Waals surface area (Å²) >= 11 is 7.42. The van der Waals surface area contributed by atoms with Crippen LogP contribution in [0.2, 0.25) is 5.22 Å². The average Bonchev–Trinajstić information content (AvgIpc) is 2.52. The van der Waals surface area contributed by atoms with Crippen LogP contribution in [-0.4, -0.2) is 19.3 Å². The summed E-state index contributed by atoms with van der Waals surface area (Å²) in [4.78, 5) is 0. The molecule has 0 unspecified atom stereocenters. The Labute approximate surface area is 93.7 Å². The molecule has 0 aliphatic carbocycles. The van der Waals surface area contributed by atoms with Crippen molar-refractivity contribution in [1.29, 1.82) is 0 Å². The third kappa shape index (κ3) is 4.22. The Balaban J connectivity index is 2.18. The summed E-state index contributed by atoms with van der Waals surface area (Å²) in [6.45, 7) is 4.81. The molecule has 0 amide bonds. The molecule has 0 radical (unpaired) electrons. The zero-order valence-corrected chi connectivity index (χ0v) is 9.75. The molecule has 14 heavy (non-hydrogen) atoms. The average molecular weight is 232 g/mol. The first-order valence-electron chi connectivity index (χ1n) is 4.35. The van der Waals surface area contributed by atoms with Gasteiger partial charge in [0, 0.05) is 12.3 Å². The molecule has 78 valence electrons. The van der Waals surface area contributed by atoms with Gasteiger partial charge in [-0.2, -0.15) is 0 Å². The number of likely N-dealkylation sites (N-methyl/N-ethyl adjacent to an activating group) is 1. The summed E-state index contributed by atoms with van der Waals surface area (Å²) in [5.74, 6) is 2.70. The fraction of sp³-hybridized carbons (Fsp3) is 0.400. The maximum Gasteiger partial charge on any atom is 0.193 e. The Morgan fingerprint density at radius 2 is 2.43 bits per heavy atom. The molecule has 0 spiro atoms. The quantitative estimate of drug-likeness (QED) is 0.763. The van der Waals surface area contributed by atoms with Gasteiger partial charge < -0.3 is 9.73 Å². The second-order valence-corrected chi connectivity index (χ2v) is 4.34. The van der Waals surface area contributed by atoms with E-state index in [1.54, 1.807) is 17.8 Å². The number of hydrogen-bond donors (Lipinski definition) is 1. The Hall–Kier alpha value is -0.380. The smallest absolute Gasteiger partial charge is 0.193 e. The summed E-state index contributed by atoms with van der Waals surface area (Å²) < 4.78 is 5.22. The Morgan fingerprint density at radius 1 is 1.64 bits per heavy atom. The summed E-state index contributed by atoms with van der Waals surface area (Å²) in [5, 5.41) is 3.52. The van der Waals surface area contributed by atoms with Crippen molar-refractivity contribution >= 4 is 23.4 Å². The molecule has 0 aliphatic rings. The number of hydrogen-bond acceptors (Lipinski definition) is 3. The lowest BCUT2D eigenvalue weighted by Crippen LogP contribution is -2.10. The van der Waals surface area contributed by atoms with E-state index in [9.17, 15) is 0 Å². The van der Waals surface area contributed by atoms with Crippen LogP contribution in [-0.2, 0) is 5.75 Å². The number of nitrogens with one attached hydrogen (secondary N) is 1. The van der Waals surface area contributed by atoms with Gasteiger partial charge in [-0.15, -0.1) is 11.8 Å². The first-order chi connectivity index (χ1) is 6.72. The van der Waals surface area contributed by atoms with Crippen LogP contribution < -0.4 is 5.32 Å². The van der Waals surface area contributed by atoms with Crippen molar-refractivity contribution in [3.05, 3.63) is 35.3 Å². The third-order valence-corrected chi connectivity index (χ3v) is 2.91. The van der Waals surface area contributed by atoms with E-state index in [0.717, 1.165) is 23.8 Å². The molecule has 2 nitrogen and oxygen atoms in total. The lowest BCUT2D eigenvalue weighted by atomic mass is 10.3. The predicted molar refractivity (Wildman–Crippen MR) is 62.9 cm³/mol. The van der Waals surface area contributed by atoms with E-state index in [2.05, 4.69) is 11.9 Å². The standard InChI is InChI=1S/C10H14ClNOS/c1-8(5-12-2)6-14-7-9-3-4-10(11)13-9/h3-4,12H,1,5-7H2,2H3. The molecule has 1 heterocycles. The number of furan rings is 1. The fourth-order valence-electron chi connectivity index (χ4n) is 1.03. The first kappa shape index (κ1) is 11.7. The molecule has 0 bridgehead atoms. The Bertz CT molecular complexity index is 298. The highest BCUT2D eigenvalue weighted by Gasteiger charge is 2.00. The summed E-state index contributed by atoms with van der Waals surface area (Å²) in [7, 11) is 1.92. The van der Waals surface area contributed by atoms with Gasteiger partial charge in [0.25, 0.3) is 0 Å². The summed E-state index contributed by atoms with van der Waals surface area (Å²) in [6, 6.07) is 3.66. The van der Waals surface area contributed by atoms with Crippen molar-refractivity contribution in [1.82, 2.24) is 5.32 Å². The maximum absolute atomic E-state index is 5.65. The monoisotopic (exact) mass is 231 g/mol. The van der Waals surface area contributed by atoms with Gasteiger partial charge in [-0.05, 0) is 30.8 Å². The third-order valence-electron chi connectivity index (χ3n) is 1.61. The van der Waals surface area contributed by atoms with Crippen LogP contribution in [0.15, 0.2) is 28.7 Å². The zero-order chi connectivity index (χ0) is 10.4.